The fraction of sp³-hybridized carbons (Fsp3) is 0.222. The Morgan fingerprint density at radius 1 is 1.60 bits per heavy atom. The maximum Gasteiger partial charge on any atom is 0.206 e. The van der Waals surface area contributed by atoms with Gasteiger partial charge in [0.1, 0.15) is 6.61 Å². The van der Waals surface area contributed by atoms with E-state index < -0.39 is 5.23 Å². The zero-order chi connectivity index (χ0) is 11.4. The van der Waals surface area contributed by atoms with E-state index in [-0.39, 0.29) is 29.4 Å². The van der Waals surface area contributed by atoms with Crippen LogP contribution in [0.3, 0.4) is 0 Å². The Bertz CT molecular complexity index is 364. The molecule has 0 spiro atoms. The summed E-state index contributed by atoms with van der Waals surface area (Å²) in [5.74, 6) is -0.698. The molecule has 0 fully saturated rings. The maximum absolute atomic E-state index is 11.3. The summed E-state index contributed by atoms with van der Waals surface area (Å²) >= 11 is 0. The van der Waals surface area contributed by atoms with E-state index in [1.165, 1.54) is 19.2 Å². The zero-order valence-electron chi connectivity index (χ0n) is 8.06. The highest BCUT2D eigenvalue weighted by atomic mass is 16.8. The van der Waals surface area contributed by atoms with Gasteiger partial charge in [0.15, 0.2) is 11.5 Å². The van der Waals surface area contributed by atoms with Crippen LogP contribution in [-0.4, -0.2) is 29.8 Å². The minimum Gasteiger partial charge on any atom is -0.595 e. The highest BCUT2D eigenvalue weighted by Gasteiger charge is 2.13. The summed E-state index contributed by atoms with van der Waals surface area (Å²) in [6.07, 6.45) is 0. The average molecular weight is 213 g/mol. The molecule has 0 aliphatic heterocycles. The quantitative estimate of drug-likeness (QED) is 0.360. The first kappa shape index (κ1) is 11.6. The number of Topliss-reactive ketones (excluding diaryl/α,β-unsaturated/α-hetero) is 1. The molecule has 0 bridgehead atoms. The molecule has 0 aromatic heterocycles. The van der Waals surface area contributed by atoms with Crippen LogP contribution in [0.5, 0.6) is 5.75 Å². The molecule has 0 saturated heterocycles. The fourth-order valence-corrected chi connectivity index (χ4v) is 1.10. The molecule has 1 aromatic carbocycles. The number of methoxy groups -OCH3 is 1. The fourth-order valence-electron chi connectivity index (χ4n) is 1.10. The van der Waals surface area contributed by atoms with E-state index in [2.05, 4.69) is 4.74 Å². The third-order valence-electron chi connectivity index (χ3n) is 1.82. The van der Waals surface area contributed by atoms with Crippen molar-refractivity contribution in [2.45, 2.75) is 0 Å². The number of quaternary nitrogens is 1. The molecule has 1 unspecified atom stereocenters. The van der Waals surface area contributed by atoms with E-state index in [1.807, 2.05) is 0 Å². The zero-order valence-corrected chi connectivity index (χ0v) is 8.06. The lowest BCUT2D eigenvalue weighted by atomic mass is 10.1. The number of phenolic OH excluding ortho intramolecular Hbond substituents is 1. The number of ketones is 1. The summed E-state index contributed by atoms with van der Waals surface area (Å²) in [6.45, 7) is -0.121. The molecule has 1 atom stereocenters. The Hall–Kier alpha value is -1.47. The number of aromatic hydroxyl groups is 1. The van der Waals surface area contributed by atoms with Crippen molar-refractivity contribution >= 4 is 11.5 Å². The van der Waals surface area contributed by atoms with Crippen LogP contribution >= 0.6 is 0 Å². The van der Waals surface area contributed by atoms with Crippen molar-refractivity contribution in [2.24, 2.45) is 0 Å². The van der Waals surface area contributed by atoms with E-state index in [0.29, 0.717) is 0 Å². The van der Waals surface area contributed by atoms with Gasteiger partial charge >= 0.3 is 0 Å². The van der Waals surface area contributed by atoms with Gasteiger partial charge in [-0.15, -0.1) is 0 Å². The lowest BCUT2D eigenvalue weighted by Crippen LogP contribution is -2.99. The van der Waals surface area contributed by atoms with E-state index in [9.17, 15) is 15.1 Å². The summed E-state index contributed by atoms with van der Waals surface area (Å²) in [5.41, 5.74) is -0.0935. The highest BCUT2D eigenvalue weighted by Crippen LogP contribution is 2.20. The monoisotopic (exact) mass is 213 g/mol. The van der Waals surface area contributed by atoms with Crippen LogP contribution in [0.25, 0.3) is 0 Å². The minimum absolute atomic E-state index is 0.121. The predicted molar refractivity (Wildman–Crippen MR) is 50.1 cm³/mol. The van der Waals surface area contributed by atoms with Crippen molar-refractivity contribution in [2.75, 3.05) is 13.7 Å². The summed E-state index contributed by atoms with van der Waals surface area (Å²) in [5, 5.41) is 27.3. The number of nitrogens with one attached hydrogen (secondary N) is 1. The summed E-state index contributed by atoms with van der Waals surface area (Å²) < 4.78 is 4.63. The highest BCUT2D eigenvalue weighted by molar-refractivity contribution is 5.97. The molecular formula is C9H11NO5. The maximum atomic E-state index is 11.3. The molecule has 6 heteroatoms. The van der Waals surface area contributed by atoms with Gasteiger partial charge in [-0.3, -0.25) is 4.79 Å². The molecule has 82 valence electrons. The SMILES string of the molecule is COCC(=O)c1ccc(O)c([NH+]([O-])O)c1. The molecular weight excluding hydrogens is 202 g/mol. The van der Waals surface area contributed by atoms with Crippen molar-refractivity contribution in [3.05, 3.63) is 29.0 Å². The van der Waals surface area contributed by atoms with Gasteiger partial charge in [0.05, 0.1) is 0 Å². The lowest BCUT2D eigenvalue weighted by molar-refractivity contribution is -0.991. The molecule has 0 aliphatic rings. The number of carbonyl (C=O) groups excluding carboxylic acids is 1. The first-order chi connectivity index (χ1) is 7.06. The number of rotatable bonds is 4. The summed E-state index contributed by atoms with van der Waals surface area (Å²) in [4.78, 5) is 11.3. The molecule has 6 nitrogen and oxygen atoms in total. The van der Waals surface area contributed by atoms with Crippen molar-refractivity contribution in [3.63, 3.8) is 0 Å². The van der Waals surface area contributed by atoms with Gasteiger partial charge < -0.3 is 15.1 Å². The summed E-state index contributed by atoms with van der Waals surface area (Å²) in [7, 11) is 1.37. The summed E-state index contributed by atoms with van der Waals surface area (Å²) in [6, 6.07) is 3.65. The Balaban J connectivity index is 3.02. The normalized spacial score (nSPS) is 12.5. The second kappa shape index (κ2) is 4.85. The van der Waals surface area contributed by atoms with Crippen LogP contribution in [0.15, 0.2) is 18.2 Å². The van der Waals surface area contributed by atoms with Crippen LogP contribution in [-0.2, 0) is 4.74 Å². The number of hydrogen-bond donors (Lipinski definition) is 3. The number of phenols is 1. The lowest BCUT2D eigenvalue weighted by Gasteiger charge is -2.13. The van der Waals surface area contributed by atoms with E-state index >= 15 is 0 Å². The van der Waals surface area contributed by atoms with Gasteiger partial charge in [-0.1, -0.05) is 0 Å². The van der Waals surface area contributed by atoms with Gasteiger partial charge in [-0.05, 0) is 12.1 Å². The Morgan fingerprint density at radius 2 is 2.27 bits per heavy atom. The third-order valence-corrected chi connectivity index (χ3v) is 1.82. The third kappa shape index (κ3) is 2.74. The molecule has 0 saturated carbocycles. The van der Waals surface area contributed by atoms with Gasteiger partial charge in [0, 0.05) is 18.7 Å². The molecule has 0 radical (unpaired) electrons. The van der Waals surface area contributed by atoms with Crippen molar-refractivity contribution in [3.8, 4) is 5.75 Å². The number of ether oxygens (including phenoxy) is 1. The van der Waals surface area contributed by atoms with Gasteiger partial charge in [-0.2, -0.15) is 5.23 Å². The molecule has 1 rings (SSSR count). The number of benzene rings is 1. The minimum atomic E-state index is -1.28. The number of hydrogen-bond acceptors (Lipinski definition) is 5. The van der Waals surface area contributed by atoms with E-state index in [1.54, 1.807) is 0 Å². The second-order valence-electron chi connectivity index (χ2n) is 2.89. The Labute approximate surface area is 85.9 Å². The van der Waals surface area contributed by atoms with Gasteiger partial charge in [0.2, 0.25) is 5.69 Å². The van der Waals surface area contributed by atoms with Crippen LogP contribution < -0.4 is 5.23 Å². The van der Waals surface area contributed by atoms with E-state index in [4.69, 9.17) is 5.21 Å². The Morgan fingerprint density at radius 3 is 2.80 bits per heavy atom. The van der Waals surface area contributed by atoms with Crippen LogP contribution in [0.4, 0.5) is 5.69 Å². The van der Waals surface area contributed by atoms with Gasteiger partial charge in [-0.25, -0.2) is 5.21 Å². The first-order valence-corrected chi connectivity index (χ1v) is 4.14. The van der Waals surface area contributed by atoms with Crippen LogP contribution in [0.2, 0.25) is 0 Å². The molecule has 3 N–H and O–H groups in total. The largest absolute Gasteiger partial charge is 0.595 e. The molecule has 0 heterocycles. The average Bonchev–Trinajstić information content (AvgIpc) is 2.18. The number of carbonyl (C=O) groups is 1. The second-order valence-corrected chi connectivity index (χ2v) is 2.89. The van der Waals surface area contributed by atoms with E-state index in [0.717, 1.165) is 6.07 Å². The smallest absolute Gasteiger partial charge is 0.206 e. The first-order valence-electron chi connectivity index (χ1n) is 4.14. The van der Waals surface area contributed by atoms with Gasteiger partial charge in [0.25, 0.3) is 0 Å². The standard InChI is InChI=1S/C9H11NO5/c1-15-5-9(12)6-2-3-8(11)7(4-6)10(13)14/h2-4,10-11,13H,5H2,1H3. The molecule has 0 aliphatic carbocycles. The topological polar surface area (TPSA) is 94.3 Å². The predicted octanol–water partition coefficient (Wildman–Crippen LogP) is -0.375. The van der Waals surface area contributed by atoms with Crippen LogP contribution in [0, 0.1) is 5.21 Å². The van der Waals surface area contributed by atoms with Crippen molar-refractivity contribution < 1.29 is 25.1 Å². The Kier molecular flexibility index (Phi) is 3.75. The van der Waals surface area contributed by atoms with Crippen molar-refractivity contribution in [1.29, 1.82) is 0 Å². The molecule has 1 aromatic rings. The molecule has 15 heavy (non-hydrogen) atoms. The van der Waals surface area contributed by atoms with Crippen LogP contribution in [0.1, 0.15) is 10.4 Å². The molecule has 0 amide bonds. The van der Waals surface area contributed by atoms with Crippen molar-refractivity contribution in [1.82, 2.24) is 0 Å².